The second-order valence-corrected chi connectivity index (χ2v) is 16.0. The number of β-amino-alcohol motifs (C(OH)–C–C–N with tert-alkyl or cyclic N) is 1. The van der Waals surface area contributed by atoms with Crippen molar-refractivity contribution in [3.8, 4) is 0 Å². The SMILES string of the molecule is CCC(=O)O[C@@H]1CC(=O)OCCC(CCCc2ccnc3ccccc23)CN(C)C[C@H](O)[C@H](C)C[C@H](CC=O)[C@H](O[C@@H]2OC(C)[C@H](O)C(N(C)C)C2O)[C@H]1OC. The first-order valence-corrected chi connectivity index (χ1v) is 20.1. The predicted octanol–water partition coefficient (Wildman–Crippen LogP) is 3.15. The van der Waals surface area contributed by atoms with Crippen LogP contribution in [0.2, 0.25) is 0 Å². The van der Waals surface area contributed by atoms with E-state index in [-0.39, 0.29) is 37.7 Å². The van der Waals surface area contributed by atoms with E-state index >= 15 is 0 Å². The number of fused-ring (bicyclic) bond motifs is 1. The standard InChI is InChI=1S/C42H65N3O11/c1-8-35(48)55-34-23-36(49)53-21-18-28(12-11-13-29-16-19-43-32-15-10-9-14-31(29)32)24-45(6)25-33(47)26(2)22-30(17-20-46)40(41(34)52-7)56-42-39(51)37(44(4)5)38(50)27(3)54-42/h9-10,14-16,19-20,26-28,30,33-34,37-42,47,50-51H,8,11-13,17-18,21-25H2,1-7H3/t26-,27?,28?,30+,33+,34-,37?,38+,39?,40+,41+,42+/m1/s1. The first-order chi connectivity index (χ1) is 26.8. The van der Waals surface area contributed by atoms with Crippen LogP contribution in [0.3, 0.4) is 0 Å². The number of carbonyl (C=O) groups excluding carboxylic acids is 3. The average molecular weight is 788 g/mol. The Morgan fingerprint density at radius 3 is 2.54 bits per heavy atom. The molecular weight excluding hydrogens is 722 g/mol. The van der Waals surface area contributed by atoms with Crippen molar-refractivity contribution in [2.24, 2.45) is 17.8 Å². The van der Waals surface area contributed by atoms with Crippen LogP contribution >= 0.6 is 0 Å². The highest BCUT2D eigenvalue weighted by atomic mass is 16.7. The normalized spacial score (nSPS) is 33.2. The van der Waals surface area contributed by atoms with Crippen molar-refractivity contribution in [3.05, 3.63) is 42.1 Å². The number of aromatic nitrogens is 1. The van der Waals surface area contributed by atoms with Crippen LogP contribution in [0.4, 0.5) is 0 Å². The monoisotopic (exact) mass is 787 g/mol. The van der Waals surface area contributed by atoms with Crippen LogP contribution in [0.1, 0.15) is 71.3 Å². The van der Waals surface area contributed by atoms with Crippen LogP contribution in [0.15, 0.2) is 36.5 Å². The van der Waals surface area contributed by atoms with Gasteiger partial charge in [-0.25, -0.2) is 0 Å². The Morgan fingerprint density at radius 1 is 1.09 bits per heavy atom. The molecule has 0 spiro atoms. The Hall–Kier alpha value is -3.08. The van der Waals surface area contributed by atoms with Crippen LogP contribution < -0.4 is 0 Å². The molecule has 0 aliphatic carbocycles. The molecule has 1 aromatic heterocycles. The van der Waals surface area contributed by atoms with Crippen LogP contribution in [0, 0.1) is 17.8 Å². The number of esters is 2. The summed E-state index contributed by atoms with van der Waals surface area (Å²) in [6.45, 7) is 6.39. The Balaban J connectivity index is 1.61. The molecule has 0 amide bonds. The van der Waals surface area contributed by atoms with E-state index in [1.807, 2.05) is 38.4 Å². The van der Waals surface area contributed by atoms with Crippen LogP contribution in [0.25, 0.3) is 10.9 Å². The average Bonchev–Trinajstić information content (AvgIpc) is 3.15. The van der Waals surface area contributed by atoms with E-state index in [9.17, 15) is 29.7 Å². The van der Waals surface area contributed by atoms with E-state index in [4.69, 9.17) is 23.7 Å². The second kappa shape index (κ2) is 22.2. The molecule has 2 aliphatic rings. The Bertz CT molecular complexity index is 1520. The van der Waals surface area contributed by atoms with Gasteiger partial charge < -0.3 is 53.6 Å². The third-order valence-electron chi connectivity index (χ3n) is 11.4. The summed E-state index contributed by atoms with van der Waals surface area (Å²) in [4.78, 5) is 46.9. The second-order valence-electron chi connectivity index (χ2n) is 16.0. The number of aliphatic hydroxyl groups excluding tert-OH is 3. The summed E-state index contributed by atoms with van der Waals surface area (Å²) in [5.74, 6) is -1.96. The fraction of sp³-hybridized carbons (Fsp3) is 0.714. The van der Waals surface area contributed by atoms with Gasteiger partial charge in [0, 0.05) is 44.6 Å². The molecule has 0 bridgehead atoms. The number of hydrogen-bond donors (Lipinski definition) is 3. The molecule has 14 nitrogen and oxygen atoms in total. The summed E-state index contributed by atoms with van der Waals surface area (Å²) in [6.07, 6.45) is -2.72. The van der Waals surface area contributed by atoms with Crippen molar-refractivity contribution in [2.45, 2.75) is 127 Å². The Labute approximate surface area is 331 Å². The number of aliphatic hydroxyl groups is 3. The molecule has 4 rings (SSSR count). The zero-order valence-corrected chi connectivity index (χ0v) is 34.2. The molecule has 0 saturated carbocycles. The fourth-order valence-electron chi connectivity index (χ4n) is 8.30. The number of hydrogen-bond acceptors (Lipinski definition) is 14. The lowest BCUT2D eigenvalue weighted by Gasteiger charge is -2.47. The van der Waals surface area contributed by atoms with Crippen molar-refractivity contribution < 1.29 is 53.4 Å². The number of aryl methyl sites for hydroxylation is 1. The molecule has 12 atom stereocenters. The molecule has 2 fully saturated rings. The zero-order valence-electron chi connectivity index (χ0n) is 34.2. The summed E-state index contributed by atoms with van der Waals surface area (Å²) in [6, 6.07) is 9.41. The van der Waals surface area contributed by atoms with Crippen molar-refractivity contribution in [1.29, 1.82) is 0 Å². The van der Waals surface area contributed by atoms with E-state index < -0.39 is 72.9 Å². The highest BCUT2D eigenvalue weighted by Gasteiger charge is 2.48. The number of cyclic esters (lactones) is 1. The van der Waals surface area contributed by atoms with Crippen molar-refractivity contribution >= 4 is 29.1 Å². The molecule has 3 N–H and O–H groups in total. The highest BCUT2D eigenvalue weighted by molar-refractivity contribution is 5.81. The molecule has 2 aliphatic heterocycles. The quantitative estimate of drug-likeness (QED) is 0.211. The number of ether oxygens (including phenoxy) is 5. The van der Waals surface area contributed by atoms with E-state index in [2.05, 4.69) is 22.0 Å². The summed E-state index contributed by atoms with van der Waals surface area (Å²) >= 11 is 0. The molecule has 4 unspecified atom stereocenters. The maximum Gasteiger partial charge on any atom is 0.309 e. The number of aldehydes is 1. The van der Waals surface area contributed by atoms with Crippen molar-refractivity contribution in [3.63, 3.8) is 0 Å². The van der Waals surface area contributed by atoms with Gasteiger partial charge in [-0.2, -0.15) is 0 Å². The topological polar surface area (TPSA) is 177 Å². The number of benzene rings is 1. The predicted molar refractivity (Wildman–Crippen MR) is 209 cm³/mol. The van der Waals surface area contributed by atoms with Gasteiger partial charge in [-0.05, 0) is 95.6 Å². The van der Waals surface area contributed by atoms with E-state index in [1.54, 1.807) is 32.8 Å². The summed E-state index contributed by atoms with van der Waals surface area (Å²) in [5.41, 5.74) is 2.19. The van der Waals surface area contributed by atoms with Crippen LogP contribution in [-0.4, -0.2) is 151 Å². The molecule has 3 heterocycles. The Kier molecular flexibility index (Phi) is 18.1. The first-order valence-electron chi connectivity index (χ1n) is 20.1. The molecule has 1 aromatic carbocycles. The lowest BCUT2D eigenvalue weighted by molar-refractivity contribution is -0.310. The molecule has 56 heavy (non-hydrogen) atoms. The van der Waals surface area contributed by atoms with Gasteiger partial charge in [-0.15, -0.1) is 0 Å². The van der Waals surface area contributed by atoms with Gasteiger partial charge >= 0.3 is 11.9 Å². The van der Waals surface area contributed by atoms with Crippen molar-refractivity contribution in [2.75, 3.05) is 47.9 Å². The van der Waals surface area contributed by atoms with E-state index in [1.165, 1.54) is 12.7 Å². The zero-order chi connectivity index (χ0) is 40.9. The molecular formula is C42H65N3O11. The first kappa shape index (κ1) is 45.6. The molecule has 0 radical (unpaired) electrons. The van der Waals surface area contributed by atoms with E-state index in [0.717, 1.165) is 36.5 Å². The van der Waals surface area contributed by atoms with Gasteiger partial charge in [0.2, 0.25) is 0 Å². The highest BCUT2D eigenvalue weighted by Crippen LogP contribution is 2.34. The van der Waals surface area contributed by atoms with Gasteiger partial charge in [0.25, 0.3) is 0 Å². The maximum atomic E-state index is 13.5. The third-order valence-corrected chi connectivity index (χ3v) is 11.4. The van der Waals surface area contributed by atoms with Crippen LogP contribution in [-0.2, 0) is 44.5 Å². The number of carbonyl (C=O) groups is 3. The fourth-order valence-corrected chi connectivity index (χ4v) is 8.30. The minimum absolute atomic E-state index is 0.0245. The number of pyridine rings is 1. The number of para-hydroxylation sites is 1. The number of rotatable bonds is 12. The van der Waals surface area contributed by atoms with Crippen molar-refractivity contribution in [1.82, 2.24) is 14.8 Å². The molecule has 2 aromatic rings. The molecule has 2 saturated heterocycles. The van der Waals surface area contributed by atoms with Crippen LogP contribution in [0.5, 0.6) is 0 Å². The minimum atomic E-state index is -1.32. The number of methoxy groups -OCH3 is 1. The maximum absolute atomic E-state index is 13.5. The lowest BCUT2D eigenvalue weighted by atomic mass is 9.82. The van der Waals surface area contributed by atoms with Gasteiger partial charge in [-0.3, -0.25) is 14.6 Å². The smallest absolute Gasteiger partial charge is 0.309 e. The number of likely N-dealkylation sites (N-methyl/N-ethyl adjacent to an activating group) is 2. The van der Waals surface area contributed by atoms with Gasteiger partial charge in [0.15, 0.2) is 6.29 Å². The lowest BCUT2D eigenvalue weighted by Crippen LogP contribution is -2.63. The van der Waals surface area contributed by atoms with Gasteiger partial charge in [-0.1, -0.05) is 32.0 Å². The largest absolute Gasteiger partial charge is 0.466 e. The summed E-state index contributed by atoms with van der Waals surface area (Å²) < 4.78 is 30.2. The minimum Gasteiger partial charge on any atom is -0.466 e. The Morgan fingerprint density at radius 2 is 1.84 bits per heavy atom. The number of nitrogens with zero attached hydrogens (tertiary/aromatic N) is 3. The van der Waals surface area contributed by atoms with Gasteiger partial charge in [0.1, 0.15) is 24.6 Å². The third kappa shape index (κ3) is 12.5. The van der Waals surface area contributed by atoms with Gasteiger partial charge in [0.05, 0.1) is 49.0 Å². The molecule has 14 heteroatoms. The summed E-state index contributed by atoms with van der Waals surface area (Å²) in [5, 5.41) is 35.0. The van der Waals surface area contributed by atoms with E-state index in [0.29, 0.717) is 25.9 Å². The molecule has 314 valence electrons. The summed E-state index contributed by atoms with van der Waals surface area (Å²) in [7, 11) is 6.82.